The van der Waals surface area contributed by atoms with Crippen LogP contribution in [-0.4, -0.2) is 26.4 Å². The summed E-state index contributed by atoms with van der Waals surface area (Å²) >= 11 is 7.29. The lowest BCUT2D eigenvalue weighted by Gasteiger charge is -2.09. The van der Waals surface area contributed by atoms with Gasteiger partial charge in [-0.3, -0.25) is 9.36 Å². The smallest absolute Gasteiger partial charge is 0.234 e. The highest BCUT2D eigenvalue weighted by Gasteiger charge is 2.14. The van der Waals surface area contributed by atoms with Crippen molar-refractivity contribution in [2.45, 2.75) is 19.0 Å². The van der Waals surface area contributed by atoms with Crippen LogP contribution in [0.4, 0.5) is 5.69 Å². The first-order valence-electron chi connectivity index (χ1n) is 8.09. The normalized spacial score (nSPS) is 10.4. The van der Waals surface area contributed by atoms with Gasteiger partial charge in [-0.05, 0) is 44.2 Å². The van der Waals surface area contributed by atoms with Crippen molar-refractivity contribution in [3.05, 3.63) is 64.4 Å². The van der Waals surface area contributed by atoms with E-state index in [0.717, 1.165) is 11.5 Å². The highest BCUT2D eigenvalue weighted by molar-refractivity contribution is 7.99. The van der Waals surface area contributed by atoms with Gasteiger partial charge in [-0.25, -0.2) is 0 Å². The van der Waals surface area contributed by atoms with Crippen LogP contribution in [0.25, 0.3) is 5.69 Å². The van der Waals surface area contributed by atoms with E-state index in [1.54, 1.807) is 18.2 Å². The van der Waals surface area contributed by atoms with E-state index < -0.39 is 0 Å². The topological polar surface area (TPSA) is 83.6 Å². The third-order valence-electron chi connectivity index (χ3n) is 3.79. The molecular weight excluding hydrogens is 382 g/mol. The van der Waals surface area contributed by atoms with Crippen LogP contribution >= 0.6 is 23.4 Å². The minimum absolute atomic E-state index is 0.168. The molecule has 3 rings (SSSR count). The lowest BCUT2D eigenvalue weighted by Crippen LogP contribution is -2.14. The van der Waals surface area contributed by atoms with Gasteiger partial charge in [-0.1, -0.05) is 41.1 Å². The van der Waals surface area contributed by atoms with Crippen LogP contribution in [0.5, 0.6) is 0 Å². The molecule has 27 heavy (non-hydrogen) atoms. The van der Waals surface area contributed by atoms with E-state index in [2.05, 4.69) is 15.5 Å². The van der Waals surface area contributed by atoms with Crippen LogP contribution < -0.4 is 5.32 Å². The van der Waals surface area contributed by atoms with Gasteiger partial charge in [0.05, 0.1) is 16.3 Å². The number of hydrogen-bond donors (Lipinski definition) is 1. The number of halogens is 1. The highest BCUT2D eigenvalue weighted by Crippen LogP contribution is 2.23. The summed E-state index contributed by atoms with van der Waals surface area (Å²) in [5, 5.41) is 20.9. The van der Waals surface area contributed by atoms with Crippen molar-refractivity contribution in [2.24, 2.45) is 0 Å². The molecule has 3 aromatic rings. The zero-order valence-corrected chi connectivity index (χ0v) is 16.3. The van der Waals surface area contributed by atoms with Crippen molar-refractivity contribution in [1.29, 1.82) is 5.26 Å². The number of nitrogens with zero attached hydrogens (tertiary/aromatic N) is 4. The van der Waals surface area contributed by atoms with Gasteiger partial charge in [0.25, 0.3) is 0 Å². The van der Waals surface area contributed by atoms with Crippen molar-refractivity contribution in [2.75, 3.05) is 11.1 Å². The zero-order chi connectivity index (χ0) is 19.4. The molecule has 6 nitrogen and oxygen atoms in total. The number of nitriles is 1. The van der Waals surface area contributed by atoms with Crippen LogP contribution in [0.15, 0.2) is 47.6 Å². The minimum atomic E-state index is -0.197. The molecule has 1 aromatic heterocycles. The highest BCUT2D eigenvalue weighted by atomic mass is 35.5. The molecule has 0 fully saturated rings. The molecule has 0 bridgehead atoms. The van der Waals surface area contributed by atoms with E-state index >= 15 is 0 Å². The summed E-state index contributed by atoms with van der Waals surface area (Å²) in [7, 11) is 0. The molecule has 1 amide bonds. The van der Waals surface area contributed by atoms with E-state index in [9.17, 15) is 4.79 Å². The Morgan fingerprint density at radius 1 is 1.22 bits per heavy atom. The molecule has 136 valence electrons. The third kappa shape index (κ3) is 4.48. The fourth-order valence-corrected chi connectivity index (χ4v) is 3.46. The van der Waals surface area contributed by atoms with Crippen molar-refractivity contribution in [1.82, 2.24) is 14.8 Å². The van der Waals surface area contributed by atoms with E-state index in [0.29, 0.717) is 21.4 Å². The van der Waals surface area contributed by atoms with Crippen molar-refractivity contribution in [3.8, 4) is 11.8 Å². The van der Waals surface area contributed by atoms with Crippen LogP contribution in [0.2, 0.25) is 5.02 Å². The van der Waals surface area contributed by atoms with Gasteiger partial charge in [0, 0.05) is 11.4 Å². The summed E-state index contributed by atoms with van der Waals surface area (Å²) in [6, 6.07) is 14.8. The Kier molecular flexibility index (Phi) is 5.79. The second-order valence-electron chi connectivity index (χ2n) is 5.84. The number of thioether (sulfide) groups is 1. The van der Waals surface area contributed by atoms with Crippen LogP contribution in [0.1, 0.15) is 17.0 Å². The number of aryl methyl sites for hydroxylation is 2. The number of carbonyl (C=O) groups excluding carboxylic acids is 1. The average Bonchev–Trinajstić information content (AvgIpc) is 3.01. The minimum Gasteiger partial charge on any atom is -0.325 e. The molecular formula is C19H16ClN5OS. The lowest BCUT2D eigenvalue weighted by atomic mass is 10.2. The number of amides is 1. The molecule has 0 aliphatic carbocycles. The molecule has 0 aliphatic rings. The van der Waals surface area contributed by atoms with Gasteiger partial charge >= 0.3 is 0 Å². The van der Waals surface area contributed by atoms with Crippen LogP contribution in [0.3, 0.4) is 0 Å². The van der Waals surface area contributed by atoms with E-state index in [4.69, 9.17) is 16.9 Å². The molecule has 0 saturated carbocycles. The first-order valence-corrected chi connectivity index (χ1v) is 9.45. The molecule has 0 atom stereocenters. The van der Waals surface area contributed by atoms with Crippen molar-refractivity contribution in [3.63, 3.8) is 0 Å². The van der Waals surface area contributed by atoms with E-state index in [1.807, 2.05) is 48.7 Å². The quantitative estimate of drug-likeness (QED) is 0.654. The van der Waals surface area contributed by atoms with E-state index in [-0.39, 0.29) is 11.7 Å². The fraction of sp³-hybridized carbons (Fsp3) is 0.158. The fourth-order valence-electron chi connectivity index (χ4n) is 2.44. The van der Waals surface area contributed by atoms with Crippen LogP contribution in [-0.2, 0) is 4.79 Å². The monoisotopic (exact) mass is 397 g/mol. The second-order valence-corrected chi connectivity index (χ2v) is 7.19. The molecule has 0 unspecified atom stereocenters. The summed E-state index contributed by atoms with van der Waals surface area (Å²) < 4.78 is 1.91. The summed E-state index contributed by atoms with van der Waals surface area (Å²) in [6.07, 6.45) is 0. The number of carbonyl (C=O) groups is 1. The number of aromatic nitrogens is 3. The summed E-state index contributed by atoms with van der Waals surface area (Å²) in [6.45, 7) is 3.90. The number of benzene rings is 2. The van der Waals surface area contributed by atoms with Gasteiger partial charge < -0.3 is 5.32 Å². The molecule has 0 saturated heterocycles. The molecule has 2 aromatic carbocycles. The number of nitrogens with one attached hydrogen (secondary N) is 1. The Hall–Kier alpha value is -2.82. The standard InChI is InChI=1S/C19H16ClN5OS/c1-12-3-7-16(8-4-12)25-13(2)23-24-19(25)27-11-18(26)22-15-6-5-14(10-21)17(20)9-15/h3-9H,11H2,1-2H3,(H,22,26). The third-order valence-corrected chi connectivity index (χ3v) is 5.03. The van der Waals surface area contributed by atoms with E-state index in [1.165, 1.54) is 17.3 Å². The summed E-state index contributed by atoms with van der Waals surface area (Å²) in [5.74, 6) is 0.722. The Morgan fingerprint density at radius 3 is 2.63 bits per heavy atom. The molecule has 0 spiro atoms. The number of anilines is 1. The van der Waals surface area contributed by atoms with Gasteiger partial charge in [-0.2, -0.15) is 5.26 Å². The lowest BCUT2D eigenvalue weighted by molar-refractivity contribution is -0.113. The van der Waals surface area contributed by atoms with Gasteiger partial charge in [0.15, 0.2) is 5.16 Å². The zero-order valence-electron chi connectivity index (χ0n) is 14.7. The maximum absolute atomic E-state index is 12.3. The first-order chi connectivity index (χ1) is 13.0. The Morgan fingerprint density at radius 2 is 1.96 bits per heavy atom. The van der Waals surface area contributed by atoms with Gasteiger partial charge in [0.2, 0.25) is 5.91 Å². The van der Waals surface area contributed by atoms with Gasteiger partial charge in [0.1, 0.15) is 11.9 Å². The average molecular weight is 398 g/mol. The molecule has 0 aliphatic heterocycles. The largest absolute Gasteiger partial charge is 0.325 e. The van der Waals surface area contributed by atoms with Gasteiger partial charge in [-0.15, -0.1) is 10.2 Å². The van der Waals surface area contributed by atoms with Crippen molar-refractivity contribution >= 4 is 35.0 Å². The Labute approximate surface area is 166 Å². The molecule has 1 heterocycles. The SMILES string of the molecule is Cc1ccc(-n2c(C)nnc2SCC(=O)Nc2ccc(C#N)c(Cl)c2)cc1. The molecule has 1 N–H and O–H groups in total. The van der Waals surface area contributed by atoms with Crippen molar-refractivity contribution < 1.29 is 4.79 Å². The maximum Gasteiger partial charge on any atom is 0.234 e. The maximum atomic E-state index is 12.3. The van der Waals surface area contributed by atoms with Crippen LogP contribution in [0, 0.1) is 25.2 Å². The Bertz CT molecular complexity index is 1020. The Balaban J connectivity index is 1.68. The number of hydrogen-bond acceptors (Lipinski definition) is 5. The first kappa shape index (κ1) is 19.0. The predicted octanol–water partition coefficient (Wildman–Crippen LogP) is 4.14. The molecule has 0 radical (unpaired) electrons. The predicted molar refractivity (Wildman–Crippen MR) is 106 cm³/mol. The molecule has 8 heteroatoms. The summed E-state index contributed by atoms with van der Waals surface area (Å²) in [4.78, 5) is 12.3. The summed E-state index contributed by atoms with van der Waals surface area (Å²) in [5.41, 5.74) is 3.02. The second kappa shape index (κ2) is 8.25. The number of rotatable bonds is 5.